The lowest BCUT2D eigenvalue weighted by Gasteiger charge is -2.50. The molecule has 9 nitrogen and oxygen atoms in total. The number of carbonyl (C=O) groups excluding carboxylic acids is 1. The minimum Gasteiger partial charge on any atom is -0.489 e. The molecule has 0 aliphatic heterocycles. The number of carbonyl (C=O) groups is 4. The van der Waals surface area contributed by atoms with Gasteiger partial charge in [-0.15, -0.1) is 0 Å². The molecule has 5 rings (SSSR count). The van der Waals surface area contributed by atoms with Crippen molar-refractivity contribution in [3.63, 3.8) is 0 Å². The smallest absolute Gasteiger partial charge is 0.341 e. The molecule has 0 saturated heterocycles. The number of aliphatic carboxylic acids is 3. The summed E-state index contributed by atoms with van der Waals surface area (Å²) in [4.78, 5) is 46.8. The quantitative estimate of drug-likeness (QED) is 0.550. The van der Waals surface area contributed by atoms with Crippen LogP contribution in [0.3, 0.4) is 0 Å². The molecule has 4 aliphatic rings. The number of fused-ring (bicyclic) bond motifs is 2. The molecule has 3 N–H and O–H groups in total. The lowest BCUT2D eigenvalue weighted by Crippen LogP contribution is -2.56. The molecule has 4 aliphatic carbocycles. The molecule has 168 valence electrons. The predicted octanol–water partition coefficient (Wildman–Crippen LogP) is 2.12. The molecule has 1 aromatic carbocycles. The van der Waals surface area contributed by atoms with Crippen LogP contribution in [0.5, 0.6) is 5.75 Å². The first-order chi connectivity index (χ1) is 15.3. The van der Waals surface area contributed by atoms with Gasteiger partial charge in [0.25, 0.3) is 0 Å². The Bertz CT molecular complexity index is 1020. The minimum atomic E-state index is -1.26. The fraction of sp³-hybridized carbons (Fsp3) is 0.391. The molecule has 0 amide bonds. The highest BCUT2D eigenvalue weighted by molar-refractivity contribution is 5.95. The van der Waals surface area contributed by atoms with Gasteiger partial charge in [-0.3, -0.25) is 14.4 Å². The summed E-state index contributed by atoms with van der Waals surface area (Å²) in [5.41, 5.74) is 1.47. The van der Waals surface area contributed by atoms with Crippen molar-refractivity contribution in [1.29, 1.82) is 0 Å². The maximum absolute atomic E-state index is 12.6. The Morgan fingerprint density at radius 2 is 1.66 bits per heavy atom. The molecular formula is C23H22O9. The zero-order valence-electron chi connectivity index (χ0n) is 17.0. The van der Waals surface area contributed by atoms with Crippen LogP contribution in [0.4, 0.5) is 0 Å². The Hall–Kier alpha value is -3.62. The van der Waals surface area contributed by atoms with Gasteiger partial charge in [-0.1, -0.05) is 17.7 Å². The van der Waals surface area contributed by atoms with E-state index in [2.05, 4.69) is 0 Å². The fourth-order valence-electron chi connectivity index (χ4n) is 5.12. The van der Waals surface area contributed by atoms with Crippen molar-refractivity contribution in [3.8, 4) is 5.75 Å². The van der Waals surface area contributed by atoms with Gasteiger partial charge in [0.05, 0.1) is 17.8 Å². The second-order valence-corrected chi connectivity index (χ2v) is 8.25. The first kappa shape index (κ1) is 21.6. The zero-order chi connectivity index (χ0) is 23.0. The van der Waals surface area contributed by atoms with E-state index in [1.54, 1.807) is 30.3 Å². The molecule has 2 bridgehead atoms. The normalized spacial score (nSPS) is 28.2. The molecule has 0 spiro atoms. The van der Waals surface area contributed by atoms with E-state index >= 15 is 0 Å². The molecular weight excluding hydrogens is 420 g/mol. The van der Waals surface area contributed by atoms with E-state index in [0.717, 1.165) is 5.56 Å². The number of carboxylic acids is 3. The van der Waals surface area contributed by atoms with Crippen LogP contribution in [0.1, 0.15) is 18.4 Å². The van der Waals surface area contributed by atoms with Crippen molar-refractivity contribution in [2.45, 2.75) is 19.4 Å². The number of Topliss-reactive ketones (excluding diaryl/α,β-unsaturated/α-hetero) is 1. The van der Waals surface area contributed by atoms with Crippen molar-refractivity contribution in [1.82, 2.24) is 0 Å². The Morgan fingerprint density at radius 3 is 2.28 bits per heavy atom. The molecule has 0 heterocycles. The van der Waals surface area contributed by atoms with E-state index in [-0.39, 0.29) is 24.7 Å². The summed E-state index contributed by atoms with van der Waals surface area (Å²) in [6, 6.07) is 6.74. The topological polar surface area (TPSA) is 147 Å². The second-order valence-electron chi connectivity index (χ2n) is 8.25. The monoisotopic (exact) mass is 442 g/mol. The maximum atomic E-state index is 12.6. The van der Waals surface area contributed by atoms with Crippen molar-refractivity contribution in [2.24, 2.45) is 29.6 Å². The van der Waals surface area contributed by atoms with Gasteiger partial charge in [-0.05, 0) is 48.1 Å². The first-order valence-corrected chi connectivity index (χ1v) is 10.2. The molecule has 9 heteroatoms. The highest BCUT2D eigenvalue weighted by Gasteiger charge is 2.60. The van der Waals surface area contributed by atoms with Crippen molar-refractivity contribution >= 4 is 23.7 Å². The molecule has 0 aromatic heterocycles. The van der Waals surface area contributed by atoms with Crippen molar-refractivity contribution < 1.29 is 44.0 Å². The van der Waals surface area contributed by atoms with Crippen molar-refractivity contribution in [2.75, 3.05) is 6.61 Å². The van der Waals surface area contributed by atoms with Crippen LogP contribution < -0.4 is 4.74 Å². The Labute approximate surface area is 182 Å². The van der Waals surface area contributed by atoms with Crippen LogP contribution in [-0.2, 0) is 30.5 Å². The summed E-state index contributed by atoms with van der Waals surface area (Å²) in [6.45, 7) is -0.222. The summed E-state index contributed by atoms with van der Waals surface area (Å²) in [6.07, 6.45) is 4.13. The first-order valence-electron chi connectivity index (χ1n) is 10.2. The van der Waals surface area contributed by atoms with Gasteiger partial charge in [0.2, 0.25) is 0 Å². The average Bonchev–Trinajstić information content (AvgIpc) is 2.76. The lowest BCUT2D eigenvalue weighted by atomic mass is 9.50. The van der Waals surface area contributed by atoms with Crippen LogP contribution in [0.2, 0.25) is 0 Å². The molecule has 32 heavy (non-hydrogen) atoms. The van der Waals surface area contributed by atoms with Gasteiger partial charge in [-0.25, -0.2) is 4.79 Å². The number of benzene rings is 1. The van der Waals surface area contributed by atoms with E-state index in [4.69, 9.17) is 14.6 Å². The summed E-state index contributed by atoms with van der Waals surface area (Å²) >= 11 is 0. The molecule has 3 fully saturated rings. The van der Waals surface area contributed by atoms with Crippen LogP contribution >= 0.6 is 0 Å². The predicted molar refractivity (Wildman–Crippen MR) is 107 cm³/mol. The van der Waals surface area contributed by atoms with Crippen LogP contribution in [-0.4, -0.2) is 45.6 Å². The summed E-state index contributed by atoms with van der Waals surface area (Å²) in [5.74, 6) is -6.77. The minimum absolute atomic E-state index is 0.0910. The van der Waals surface area contributed by atoms with Crippen LogP contribution in [0, 0.1) is 29.6 Å². The SMILES string of the molecule is O=C(O)COc1ccc(COC2=CCC3C(=C2)C2C(=O)CC3C(C(=O)O)C2C(=O)O)cc1. The van der Waals surface area contributed by atoms with Crippen LogP contribution in [0.15, 0.2) is 47.7 Å². The Morgan fingerprint density at radius 1 is 0.969 bits per heavy atom. The van der Waals surface area contributed by atoms with E-state index in [1.165, 1.54) is 0 Å². The average molecular weight is 442 g/mol. The number of rotatable bonds is 8. The third-order valence-electron chi connectivity index (χ3n) is 6.44. The van der Waals surface area contributed by atoms with Gasteiger partial charge in [0, 0.05) is 6.42 Å². The number of hydrogen-bond donors (Lipinski definition) is 3. The zero-order valence-corrected chi connectivity index (χ0v) is 17.0. The third-order valence-corrected chi connectivity index (χ3v) is 6.44. The van der Waals surface area contributed by atoms with E-state index < -0.39 is 48.2 Å². The van der Waals surface area contributed by atoms with Crippen molar-refractivity contribution in [3.05, 3.63) is 53.3 Å². The van der Waals surface area contributed by atoms with Gasteiger partial charge in [-0.2, -0.15) is 0 Å². The second kappa shape index (κ2) is 8.49. The molecule has 0 radical (unpaired) electrons. The van der Waals surface area contributed by atoms with Gasteiger partial charge < -0.3 is 24.8 Å². The number of carboxylic acid groups (broad SMARTS) is 3. The standard InChI is InChI=1S/C23H22O9/c24-17-8-16-14-6-5-13(7-15(14)19(17)21(23(29)30)20(16)22(27)28)31-9-11-1-3-12(4-2-11)32-10-18(25)26/h1-5,7,14,16,19-21H,6,8-10H2,(H,25,26)(H,27,28)(H,29,30). The van der Waals surface area contributed by atoms with E-state index in [0.29, 0.717) is 23.5 Å². The van der Waals surface area contributed by atoms with E-state index in [9.17, 15) is 29.4 Å². The largest absolute Gasteiger partial charge is 0.489 e. The highest BCUT2D eigenvalue weighted by Crippen LogP contribution is 2.55. The molecule has 5 atom stereocenters. The number of ketones is 1. The number of ether oxygens (including phenoxy) is 2. The van der Waals surface area contributed by atoms with E-state index in [1.807, 2.05) is 6.08 Å². The van der Waals surface area contributed by atoms with Gasteiger partial charge in [0.15, 0.2) is 6.61 Å². The van der Waals surface area contributed by atoms with Crippen LogP contribution in [0.25, 0.3) is 0 Å². The third kappa shape index (κ3) is 3.98. The lowest BCUT2D eigenvalue weighted by molar-refractivity contribution is -0.168. The summed E-state index contributed by atoms with van der Waals surface area (Å²) < 4.78 is 10.9. The summed E-state index contributed by atoms with van der Waals surface area (Å²) in [5, 5.41) is 27.9. The maximum Gasteiger partial charge on any atom is 0.341 e. The number of allylic oxidation sites excluding steroid dienone is 3. The Balaban J connectivity index is 1.47. The molecule has 1 aromatic rings. The number of hydrogen-bond acceptors (Lipinski definition) is 6. The van der Waals surface area contributed by atoms with Gasteiger partial charge in [0.1, 0.15) is 23.9 Å². The fourth-order valence-corrected chi connectivity index (χ4v) is 5.12. The van der Waals surface area contributed by atoms with Gasteiger partial charge >= 0.3 is 17.9 Å². The Kier molecular flexibility index (Phi) is 5.73. The molecule has 3 saturated carbocycles. The molecule has 5 unspecified atom stereocenters. The summed E-state index contributed by atoms with van der Waals surface area (Å²) in [7, 11) is 0. The highest BCUT2D eigenvalue weighted by atomic mass is 16.5.